The number of hydrogen-bond acceptors (Lipinski definition) is 5. The Balaban J connectivity index is 1.45. The Morgan fingerprint density at radius 3 is 2.72 bits per heavy atom. The first-order valence-electron chi connectivity index (χ1n) is 9.96. The molecule has 3 aromatic heterocycles. The number of carbonyl (C=O) groups is 1. The van der Waals surface area contributed by atoms with Crippen molar-refractivity contribution in [1.82, 2.24) is 29.3 Å². The summed E-state index contributed by atoms with van der Waals surface area (Å²) in [6, 6.07) is 0.177. The average Bonchev–Trinajstić information content (AvgIpc) is 3.29. The number of rotatable bonds is 6. The Kier molecular flexibility index (Phi) is 4.15. The summed E-state index contributed by atoms with van der Waals surface area (Å²) in [6.07, 6.45) is 12.9. The highest BCUT2D eigenvalue weighted by molar-refractivity contribution is 5.87. The lowest BCUT2D eigenvalue weighted by Gasteiger charge is -2.40. The highest BCUT2D eigenvalue weighted by Crippen LogP contribution is 2.44. The Morgan fingerprint density at radius 2 is 2.07 bits per heavy atom. The Bertz CT molecular complexity index is 1090. The highest BCUT2D eigenvalue weighted by Gasteiger charge is 2.37. The van der Waals surface area contributed by atoms with Crippen molar-refractivity contribution in [2.24, 2.45) is 7.05 Å². The third-order valence-electron chi connectivity index (χ3n) is 5.93. The van der Waals surface area contributed by atoms with E-state index < -0.39 is 0 Å². The summed E-state index contributed by atoms with van der Waals surface area (Å²) in [7, 11) is 3.70. The molecule has 5 rings (SSSR count). The van der Waals surface area contributed by atoms with Crippen LogP contribution < -0.4 is 4.74 Å². The summed E-state index contributed by atoms with van der Waals surface area (Å²) in [6.45, 7) is 3.56. The van der Waals surface area contributed by atoms with Crippen LogP contribution in [0.15, 0.2) is 37.4 Å². The van der Waals surface area contributed by atoms with E-state index in [9.17, 15) is 4.79 Å². The van der Waals surface area contributed by atoms with Crippen LogP contribution in [0.4, 0.5) is 0 Å². The first-order chi connectivity index (χ1) is 14.0. The van der Waals surface area contributed by atoms with Crippen LogP contribution in [-0.4, -0.2) is 54.4 Å². The van der Waals surface area contributed by atoms with Crippen LogP contribution in [0.3, 0.4) is 0 Å². The molecule has 1 amide bonds. The molecule has 0 aliphatic heterocycles. The van der Waals surface area contributed by atoms with Gasteiger partial charge in [-0.3, -0.25) is 9.48 Å². The van der Waals surface area contributed by atoms with Crippen LogP contribution in [0.2, 0.25) is 0 Å². The zero-order valence-electron chi connectivity index (χ0n) is 16.7. The molecule has 2 saturated carbocycles. The van der Waals surface area contributed by atoms with Gasteiger partial charge in [-0.05, 0) is 24.8 Å². The van der Waals surface area contributed by atoms with E-state index in [0.717, 1.165) is 29.6 Å². The molecule has 2 aliphatic carbocycles. The topological polar surface area (TPSA) is 77.6 Å². The number of nitrogens with zero attached hydrogens (tertiary/aromatic N) is 6. The van der Waals surface area contributed by atoms with Gasteiger partial charge in [-0.2, -0.15) is 10.2 Å². The van der Waals surface area contributed by atoms with Gasteiger partial charge in [0.15, 0.2) is 0 Å². The smallest absolute Gasteiger partial charge is 0.245 e. The monoisotopic (exact) mass is 392 g/mol. The van der Waals surface area contributed by atoms with Crippen molar-refractivity contribution >= 4 is 11.4 Å². The number of aromatic nitrogens is 5. The van der Waals surface area contributed by atoms with Crippen molar-refractivity contribution in [2.45, 2.75) is 43.7 Å². The van der Waals surface area contributed by atoms with Gasteiger partial charge in [0, 0.05) is 50.3 Å². The number of likely N-dealkylation sites (N-methyl/N-ethyl adjacent to an activating group) is 1. The average molecular weight is 392 g/mol. The summed E-state index contributed by atoms with van der Waals surface area (Å²) in [5.41, 5.74) is 3.87. The second-order valence-corrected chi connectivity index (χ2v) is 8.02. The first-order valence-corrected chi connectivity index (χ1v) is 9.96. The second-order valence-electron chi connectivity index (χ2n) is 8.02. The van der Waals surface area contributed by atoms with E-state index in [2.05, 4.69) is 16.8 Å². The Labute approximate surface area is 168 Å². The summed E-state index contributed by atoms with van der Waals surface area (Å²) < 4.78 is 9.97. The van der Waals surface area contributed by atoms with Gasteiger partial charge in [0.1, 0.15) is 11.6 Å². The van der Waals surface area contributed by atoms with Crippen molar-refractivity contribution in [3.8, 4) is 17.1 Å². The van der Waals surface area contributed by atoms with Gasteiger partial charge in [0.05, 0.1) is 24.3 Å². The summed E-state index contributed by atoms with van der Waals surface area (Å²) in [5.74, 6) is 1.11. The van der Waals surface area contributed by atoms with E-state index in [-0.39, 0.29) is 18.1 Å². The molecular weight excluding hydrogens is 368 g/mol. The zero-order valence-corrected chi connectivity index (χ0v) is 16.7. The van der Waals surface area contributed by atoms with E-state index in [1.54, 1.807) is 15.8 Å². The Morgan fingerprint density at radius 1 is 1.28 bits per heavy atom. The number of amides is 1. The molecule has 3 aromatic rings. The molecule has 0 unspecified atom stereocenters. The lowest BCUT2D eigenvalue weighted by molar-refractivity contribution is -0.130. The standard InChI is InChI=1S/C21H24N6O2/c1-4-19(28)26(3)15-7-16(8-15)29-21-20-17(13-5-6-13)10-23-27(20)12-18(24-21)14-9-22-25(2)11-14/h4,9-13,15-16H,1,5-8H2,2-3H3. The van der Waals surface area contributed by atoms with Crippen molar-refractivity contribution in [3.05, 3.63) is 43.0 Å². The molecule has 29 heavy (non-hydrogen) atoms. The first kappa shape index (κ1) is 17.9. The van der Waals surface area contributed by atoms with Gasteiger partial charge in [-0.25, -0.2) is 9.50 Å². The van der Waals surface area contributed by atoms with Gasteiger partial charge >= 0.3 is 0 Å². The summed E-state index contributed by atoms with van der Waals surface area (Å²) in [4.78, 5) is 18.4. The molecule has 0 saturated heterocycles. The quantitative estimate of drug-likeness (QED) is 0.603. The normalized spacial score (nSPS) is 21.0. The molecule has 8 heteroatoms. The molecule has 150 valence electrons. The maximum absolute atomic E-state index is 11.8. The van der Waals surface area contributed by atoms with Gasteiger partial charge < -0.3 is 9.64 Å². The molecule has 0 radical (unpaired) electrons. The predicted molar refractivity (Wildman–Crippen MR) is 108 cm³/mol. The summed E-state index contributed by atoms with van der Waals surface area (Å²) >= 11 is 0. The maximum Gasteiger partial charge on any atom is 0.245 e. The fourth-order valence-electron chi connectivity index (χ4n) is 3.90. The molecule has 2 aliphatic rings. The third kappa shape index (κ3) is 3.18. The van der Waals surface area contributed by atoms with E-state index >= 15 is 0 Å². The minimum absolute atomic E-state index is 0.0301. The largest absolute Gasteiger partial charge is 0.473 e. The van der Waals surface area contributed by atoms with Crippen LogP contribution in [0.5, 0.6) is 5.88 Å². The van der Waals surface area contributed by atoms with Crippen molar-refractivity contribution < 1.29 is 9.53 Å². The molecule has 0 aromatic carbocycles. The van der Waals surface area contributed by atoms with Gasteiger partial charge in [-0.15, -0.1) is 0 Å². The van der Waals surface area contributed by atoms with Crippen LogP contribution in [0, 0.1) is 0 Å². The number of aryl methyl sites for hydroxylation is 1. The molecule has 8 nitrogen and oxygen atoms in total. The number of carbonyl (C=O) groups excluding carboxylic acids is 1. The van der Waals surface area contributed by atoms with Gasteiger partial charge in [0.2, 0.25) is 11.8 Å². The van der Waals surface area contributed by atoms with Crippen molar-refractivity contribution in [1.29, 1.82) is 0 Å². The minimum atomic E-state index is -0.0562. The maximum atomic E-state index is 11.8. The van der Waals surface area contributed by atoms with Crippen LogP contribution in [0.25, 0.3) is 16.8 Å². The van der Waals surface area contributed by atoms with E-state index in [4.69, 9.17) is 9.72 Å². The van der Waals surface area contributed by atoms with E-state index in [1.165, 1.54) is 24.5 Å². The van der Waals surface area contributed by atoms with E-state index in [0.29, 0.717) is 11.8 Å². The SMILES string of the molecule is C=CC(=O)N(C)C1CC(Oc2nc(-c3cnn(C)c3)cn3ncc(C4CC4)c23)C1. The molecular formula is C21H24N6O2. The number of ether oxygens (including phenoxy) is 1. The predicted octanol–water partition coefficient (Wildman–Crippen LogP) is 2.56. The molecule has 0 atom stereocenters. The molecule has 3 heterocycles. The fourth-order valence-corrected chi connectivity index (χ4v) is 3.90. The second kappa shape index (κ2) is 6.72. The Hall–Kier alpha value is -3.16. The third-order valence-corrected chi connectivity index (χ3v) is 5.93. The van der Waals surface area contributed by atoms with Crippen molar-refractivity contribution in [3.63, 3.8) is 0 Å². The van der Waals surface area contributed by atoms with E-state index in [1.807, 2.05) is 37.2 Å². The van der Waals surface area contributed by atoms with Crippen LogP contribution in [0.1, 0.15) is 37.2 Å². The van der Waals surface area contributed by atoms with Crippen LogP contribution in [-0.2, 0) is 11.8 Å². The lowest BCUT2D eigenvalue weighted by Crippen LogP contribution is -2.49. The number of hydrogen-bond donors (Lipinski definition) is 0. The molecule has 0 bridgehead atoms. The van der Waals surface area contributed by atoms with Crippen molar-refractivity contribution in [2.75, 3.05) is 7.05 Å². The number of fused-ring (bicyclic) bond motifs is 1. The van der Waals surface area contributed by atoms with Gasteiger partial charge in [-0.1, -0.05) is 6.58 Å². The molecule has 2 fully saturated rings. The highest BCUT2D eigenvalue weighted by atomic mass is 16.5. The van der Waals surface area contributed by atoms with Crippen LogP contribution >= 0.6 is 0 Å². The molecule has 0 N–H and O–H groups in total. The fraction of sp³-hybridized carbons (Fsp3) is 0.429. The van der Waals surface area contributed by atoms with Gasteiger partial charge in [0.25, 0.3) is 0 Å². The summed E-state index contributed by atoms with van der Waals surface area (Å²) in [5, 5.41) is 8.82. The molecule has 0 spiro atoms. The lowest BCUT2D eigenvalue weighted by atomic mass is 9.88. The zero-order chi connectivity index (χ0) is 20.1. The minimum Gasteiger partial charge on any atom is -0.473 e.